The first-order chi connectivity index (χ1) is 7.88. The third-order valence-corrected chi connectivity index (χ3v) is 2.21. The summed E-state index contributed by atoms with van der Waals surface area (Å²) in [7, 11) is 0. The second kappa shape index (κ2) is 6.03. The molecule has 0 aliphatic rings. The molecule has 0 saturated carbocycles. The van der Waals surface area contributed by atoms with E-state index >= 15 is 0 Å². The normalized spacial score (nSPS) is 11.9. The number of nitrogens with one attached hydrogen (secondary N) is 1. The fraction of sp³-hybridized carbons (Fsp3) is 0.571. The summed E-state index contributed by atoms with van der Waals surface area (Å²) in [5.41, 5.74) is 0.429. The summed E-state index contributed by atoms with van der Waals surface area (Å²) in [5, 5.41) is 12.8. The highest BCUT2D eigenvalue weighted by molar-refractivity contribution is 5.33. The van der Waals surface area contributed by atoms with Crippen molar-refractivity contribution in [3.8, 4) is 5.75 Å². The Hall–Kier alpha value is -1.06. The lowest BCUT2D eigenvalue weighted by Gasteiger charge is -2.19. The first kappa shape index (κ1) is 14.0. The Labute approximate surface area is 104 Å². The number of ether oxygens (including phenoxy) is 1. The van der Waals surface area contributed by atoms with E-state index in [9.17, 15) is 5.11 Å². The molecular formula is C14H23NO2. The van der Waals surface area contributed by atoms with Gasteiger partial charge in [-0.05, 0) is 33.8 Å². The number of aliphatic hydroxyl groups is 1. The van der Waals surface area contributed by atoms with Gasteiger partial charge in [0.15, 0.2) is 0 Å². The van der Waals surface area contributed by atoms with Crippen LogP contribution >= 0.6 is 0 Å². The monoisotopic (exact) mass is 237 g/mol. The second-order valence-corrected chi connectivity index (χ2v) is 5.19. The highest BCUT2D eigenvalue weighted by atomic mass is 16.5. The third kappa shape index (κ3) is 5.71. The fourth-order valence-corrected chi connectivity index (χ4v) is 1.52. The van der Waals surface area contributed by atoms with Gasteiger partial charge >= 0.3 is 0 Å². The Bertz CT molecular complexity index is 342. The molecule has 0 heterocycles. The zero-order valence-corrected chi connectivity index (χ0v) is 11.2. The summed E-state index contributed by atoms with van der Waals surface area (Å²) in [5.74, 6) is 0.908. The van der Waals surface area contributed by atoms with E-state index < -0.39 is 5.60 Å². The van der Waals surface area contributed by atoms with Gasteiger partial charge in [0.25, 0.3) is 0 Å². The fourth-order valence-electron chi connectivity index (χ4n) is 1.52. The van der Waals surface area contributed by atoms with Gasteiger partial charge in [0.1, 0.15) is 5.75 Å². The van der Waals surface area contributed by atoms with E-state index in [0.717, 1.165) is 11.3 Å². The highest BCUT2D eigenvalue weighted by Gasteiger charge is 2.12. The van der Waals surface area contributed by atoms with Crippen molar-refractivity contribution in [3.05, 3.63) is 29.8 Å². The second-order valence-electron chi connectivity index (χ2n) is 5.19. The standard InChI is InChI=1S/C14H23NO2/c1-11(2)17-13-8-6-5-7-12(13)9-15-10-14(3,4)16/h5-8,11,15-16H,9-10H2,1-4H3. The predicted octanol–water partition coefficient (Wildman–Crippen LogP) is 2.33. The molecule has 3 nitrogen and oxygen atoms in total. The van der Waals surface area contributed by atoms with Gasteiger partial charge in [0.05, 0.1) is 11.7 Å². The van der Waals surface area contributed by atoms with Crippen molar-refractivity contribution < 1.29 is 9.84 Å². The molecule has 0 unspecified atom stereocenters. The largest absolute Gasteiger partial charge is 0.491 e. The molecule has 0 aliphatic heterocycles. The lowest BCUT2D eigenvalue weighted by molar-refractivity contribution is 0.0793. The molecule has 0 amide bonds. The molecule has 0 spiro atoms. The van der Waals surface area contributed by atoms with Crippen molar-refractivity contribution in [1.82, 2.24) is 5.32 Å². The smallest absolute Gasteiger partial charge is 0.124 e. The summed E-state index contributed by atoms with van der Waals surface area (Å²) in [6.07, 6.45) is 0.172. The van der Waals surface area contributed by atoms with Crippen molar-refractivity contribution in [2.45, 2.75) is 45.9 Å². The minimum absolute atomic E-state index is 0.172. The van der Waals surface area contributed by atoms with Gasteiger partial charge in [-0.15, -0.1) is 0 Å². The first-order valence-corrected chi connectivity index (χ1v) is 6.06. The van der Waals surface area contributed by atoms with E-state index in [0.29, 0.717) is 13.1 Å². The number of benzene rings is 1. The number of hydrogen-bond donors (Lipinski definition) is 2. The van der Waals surface area contributed by atoms with E-state index in [-0.39, 0.29) is 6.10 Å². The average molecular weight is 237 g/mol. The number of rotatable bonds is 6. The van der Waals surface area contributed by atoms with Gasteiger partial charge in [-0.2, -0.15) is 0 Å². The van der Waals surface area contributed by atoms with Gasteiger partial charge in [0, 0.05) is 18.7 Å². The van der Waals surface area contributed by atoms with Crippen molar-refractivity contribution in [3.63, 3.8) is 0 Å². The topological polar surface area (TPSA) is 41.5 Å². The summed E-state index contributed by atoms with van der Waals surface area (Å²) < 4.78 is 5.73. The summed E-state index contributed by atoms with van der Waals surface area (Å²) in [6, 6.07) is 7.97. The molecule has 1 aromatic carbocycles. The van der Waals surface area contributed by atoms with E-state index in [1.807, 2.05) is 38.1 Å². The summed E-state index contributed by atoms with van der Waals surface area (Å²) in [6.45, 7) is 8.87. The van der Waals surface area contributed by atoms with E-state index in [1.54, 1.807) is 13.8 Å². The highest BCUT2D eigenvalue weighted by Crippen LogP contribution is 2.19. The Morgan fingerprint density at radius 2 is 1.94 bits per heavy atom. The summed E-state index contributed by atoms with van der Waals surface area (Å²) >= 11 is 0. The molecule has 0 atom stereocenters. The van der Waals surface area contributed by atoms with E-state index in [2.05, 4.69) is 5.32 Å². The molecule has 1 aromatic rings. The van der Waals surface area contributed by atoms with Gasteiger partial charge in [-0.25, -0.2) is 0 Å². The number of hydrogen-bond acceptors (Lipinski definition) is 3. The van der Waals surface area contributed by atoms with Crippen LogP contribution in [-0.2, 0) is 6.54 Å². The Morgan fingerprint density at radius 1 is 1.29 bits per heavy atom. The van der Waals surface area contributed by atoms with Crippen LogP contribution in [0.5, 0.6) is 5.75 Å². The Morgan fingerprint density at radius 3 is 2.53 bits per heavy atom. The molecule has 3 heteroatoms. The van der Waals surface area contributed by atoms with Gasteiger partial charge in [0.2, 0.25) is 0 Å². The zero-order chi connectivity index (χ0) is 12.9. The number of para-hydroxylation sites is 1. The van der Waals surface area contributed by atoms with Gasteiger partial charge in [-0.1, -0.05) is 18.2 Å². The van der Waals surface area contributed by atoms with E-state index in [4.69, 9.17) is 4.74 Å². The Kier molecular flexibility index (Phi) is 4.97. The molecule has 1 rings (SSSR count). The maximum atomic E-state index is 9.62. The molecule has 0 aliphatic carbocycles. The van der Waals surface area contributed by atoms with Crippen molar-refractivity contribution in [2.75, 3.05) is 6.54 Å². The first-order valence-electron chi connectivity index (χ1n) is 6.06. The molecule has 0 radical (unpaired) electrons. The van der Waals surface area contributed by atoms with Crippen LogP contribution in [-0.4, -0.2) is 23.4 Å². The van der Waals surface area contributed by atoms with Crippen LogP contribution in [0, 0.1) is 0 Å². The van der Waals surface area contributed by atoms with Gasteiger partial charge in [-0.3, -0.25) is 0 Å². The van der Waals surface area contributed by atoms with Crippen LogP contribution in [0.2, 0.25) is 0 Å². The minimum Gasteiger partial charge on any atom is -0.491 e. The quantitative estimate of drug-likeness (QED) is 0.798. The van der Waals surface area contributed by atoms with Crippen LogP contribution in [0.1, 0.15) is 33.3 Å². The maximum Gasteiger partial charge on any atom is 0.124 e. The van der Waals surface area contributed by atoms with Crippen LogP contribution in [0.3, 0.4) is 0 Å². The SMILES string of the molecule is CC(C)Oc1ccccc1CNCC(C)(C)O. The van der Waals surface area contributed by atoms with Crippen LogP contribution in [0.15, 0.2) is 24.3 Å². The molecule has 0 bridgehead atoms. The maximum absolute atomic E-state index is 9.62. The molecule has 0 fully saturated rings. The van der Waals surface area contributed by atoms with E-state index in [1.165, 1.54) is 0 Å². The van der Waals surface area contributed by atoms with Crippen LogP contribution in [0.4, 0.5) is 0 Å². The summed E-state index contributed by atoms with van der Waals surface area (Å²) in [4.78, 5) is 0. The minimum atomic E-state index is -0.687. The molecule has 96 valence electrons. The molecule has 17 heavy (non-hydrogen) atoms. The molecule has 0 saturated heterocycles. The van der Waals surface area contributed by atoms with Crippen molar-refractivity contribution in [1.29, 1.82) is 0 Å². The average Bonchev–Trinajstić information content (AvgIpc) is 2.18. The van der Waals surface area contributed by atoms with Gasteiger partial charge < -0.3 is 15.2 Å². The third-order valence-electron chi connectivity index (χ3n) is 2.21. The van der Waals surface area contributed by atoms with Crippen molar-refractivity contribution >= 4 is 0 Å². The van der Waals surface area contributed by atoms with Crippen LogP contribution in [0.25, 0.3) is 0 Å². The lowest BCUT2D eigenvalue weighted by Crippen LogP contribution is -2.34. The van der Waals surface area contributed by atoms with Crippen molar-refractivity contribution in [2.24, 2.45) is 0 Å². The predicted molar refractivity (Wildman–Crippen MR) is 70.2 cm³/mol. The lowest BCUT2D eigenvalue weighted by atomic mass is 10.1. The molecular weight excluding hydrogens is 214 g/mol. The molecule has 0 aromatic heterocycles. The Balaban J connectivity index is 2.58. The zero-order valence-electron chi connectivity index (χ0n) is 11.2. The van der Waals surface area contributed by atoms with Crippen LogP contribution < -0.4 is 10.1 Å². The molecule has 2 N–H and O–H groups in total.